The van der Waals surface area contributed by atoms with Gasteiger partial charge in [0, 0.05) is 23.6 Å². The number of nitrogens with one attached hydrogen (secondary N) is 1. The van der Waals surface area contributed by atoms with Gasteiger partial charge in [0.05, 0.1) is 16.3 Å². The van der Waals surface area contributed by atoms with Crippen molar-refractivity contribution in [2.24, 2.45) is 10.7 Å². The highest BCUT2D eigenvalue weighted by atomic mass is 35.5. The Morgan fingerprint density at radius 2 is 2.00 bits per heavy atom. The SMILES string of the molecule is Cl.N=C(N)c1ccc2c(c1)CC(c1ccc(N)c([N+](=O)[O-])c1)=N2. The molecule has 0 fully saturated rings. The molecule has 3 rings (SSSR count). The second-order valence-electron chi connectivity index (χ2n) is 5.02. The van der Waals surface area contributed by atoms with Crippen molar-refractivity contribution < 1.29 is 4.92 Å². The third-order valence-corrected chi connectivity index (χ3v) is 3.56. The third kappa shape index (κ3) is 3.00. The number of nitro groups is 1. The van der Waals surface area contributed by atoms with Gasteiger partial charge in [-0.15, -0.1) is 12.4 Å². The van der Waals surface area contributed by atoms with Crippen LogP contribution < -0.4 is 11.5 Å². The summed E-state index contributed by atoms with van der Waals surface area (Å²) in [6, 6.07) is 10.0. The molecule has 0 atom stereocenters. The molecule has 0 spiro atoms. The van der Waals surface area contributed by atoms with Gasteiger partial charge in [0.2, 0.25) is 0 Å². The predicted octanol–water partition coefficient (Wildman–Crippen LogP) is 2.56. The Morgan fingerprint density at radius 1 is 1.26 bits per heavy atom. The van der Waals surface area contributed by atoms with Crippen molar-refractivity contribution >= 4 is 41.0 Å². The van der Waals surface area contributed by atoms with Crippen LogP contribution in [0.2, 0.25) is 0 Å². The van der Waals surface area contributed by atoms with Gasteiger partial charge < -0.3 is 11.5 Å². The summed E-state index contributed by atoms with van der Waals surface area (Å²) in [5, 5.41) is 18.4. The molecule has 2 aromatic rings. The first-order valence-electron chi connectivity index (χ1n) is 6.55. The van der Waals surface area contributed by atoms with Crippen LogP contribution in [-0.4, -0.2) is 16.5 Å². The summed E-state index contributed by atoms with van der Waals surface area (Å²) in [5.41, 5.74) is 14.9. The Morgan fingerprint density at radius 3 is 2.65 bits per heavy atom. The number of rotatable bonds is 3. The lowest BCUT2D eigenvalue weighted by molar-refractivity contribution is -0.383. The molecule has 1 heterocycles. The quantitative estimate of drug-likeness (QED) is 0.262. The second kappa shape index (κ2) is 6.05. The molecule has 1 aliphatic heterocycles. The lowest BCUT2D eigenvalue weighted by atomic mass is 10.0. The van der Waals surface area contributed by atoms with E-state index in [1.807, 2.05) is 6.07 Å². The van der Waals surface area contributed by atoms with Crippen molar-refractivity contribution in [2.45, 2.75) is 6.42 Å². The summed E-state index contributed by atoms with van der Waals surface area (Å²) in [5.74, 6) is -0.000581. The zero-order valence-corrected chi connectivity index (χ0v) is 12.8. The van der Waals surface area contributed by atoms with Crippen LogP contribution in [-0.2, 0) is 6.42 Å². The summed E-state index contributed by atoms with van der Waals surface area (Å²) in [7, 11) is 0. The molecule has 0 aliphatic carbocycles. The van der Waals surface area contributed by atoms with Gasteiger partial charge in [0.1, 0.15) is 11.5 Å². The van der Waals surface area contributed by atoms with E-state index in [9.17, 15) is 10.1 Å². The molecule has 0 bridgehead atoms. The molecule has 7 nitrogen and oxygen atoms in total. The lowest BCUT2D eigenvalue weighted by Gasteiger charge is -2.03. The molecule has 8 heteroatoms. The number of halogens is 1. The third-order valence-electron chi connectivity index (χ3n) is 3.56. The van der Waals surface area contributed by atoms with E-state index in [-0.39, 0.29) is 29.6 Å². The van der Waals surface area contributed by atoms with Crippen molar-refractivity contribution in [2.75, 3.05) is 5.73 Å². The largest absolute Gasteiger partial charge is 0.393 e. The highest BCUT2D eigenvalue weighted by Crippen LogP contribution is 2.31. The first-order valence-corrected chi connectivity index (χ1v) is 6.55. The van der Waals surface area contributed by atoms with Crippen molar-refractivity contribution in [3.63, 3.8) is 0 Å². The molecule has 23 heavy (non-hydrogen) atoms. The maximum Gasteiger partial charge on any atom is 0.292 e. The minimum Gasteiger partial charge on any atom is -0.393 e. The molecule has 0 saturated heterocycles. The van der Waals surface area contributed by atoms with E-state index < -0.39 is 4.92 Å². The molecular formula is C15H14ClN5O2. The first kappa shape index (κ1) is 16.4. The molecule has 0 aromatic heterocycles. The van der Waals surface area contributed by atoms with Crippen LogP contribution in [0.1, 0.15) is 16.7 Å². The van der Waals surface area contributed by atoms with Crippen LogP contribution in [0.5, 0.6) is 0 Å². The van der Waals surface area contributed by atoms with E-state index in [4.69, 9.17) is 16.9 Å². The molecule has 1 aliphatic rings. The molecule has 0 amide bonds. The van der Waals surface area contributed by atoms with E-state index >= 15 is 0 Å². The zero-order chi connectivity index (χ0) is 15.9. The number of nitrogens with two attached hydrogens (primary N) is 2. The number of fused-ring (bicyclic) bond motifs is 1. The number of amidine groups is 1. The van der Waals surface area contributed by atoms with Crippen LogP contribution >= 0.6 is 12.4 Å². The molecule has 0 saturated carbocycles. The fourth-order valence-electron chi connectivity index (χ4n) is 2.42. The fraction of sp³-hybridized carbons (Fsp3) is 0.0667. The molecule has 5 N–H and O–H groups in total. The van der Waals surface area contributed by atoms with Gasteiger partial charge in [0.25, 0.3) is 5.69 Å². The second-order valence-corrected chi connectivity index (χ2v) is 5.02. The number of benzene rings is 2. The Hall–Kier alpha value is -2.93. The van der Waals surface area contributed by atoms with Crippen molar-refractivity contribution in [1.82, 2.24) is 0 Å². The van der Waals surface area contributed by atoms with E-state index in [1.165, 1.54) is 12.1 Å². The smallest absolute Gasteiger partial charge is 0.292 e. The van der Waals surface area contributed by atoms with Crippen LogP contribution in [0.15, 0.2) is 41.4 Å². The van der Waals surface area contributed by atoms with Gasteiger partial charge in [-0.25, -0.2) is 0 Å². The summed E-state index contributed by atoms with van der Waals surface area (Å²) >= 11 is 0. The van der Waals surface area contributed by atoms with E-state index in [1.54, 1.807) is 18.2 Å². The summed E-state index contributed by atoms with van der Waals surface area (Å²) < 4.78 is 0. The van der Waals surface area contributed by atoms with Crippen molar-refractivity contribution in [1.29, 1.82) is 5.41 Å². The molecule has 118 valence electrons. The topological polar surface area (TPSA) is 131 Å². The zero-order valence-electron chi connectivity index (χ0n) is 11.9. The highest BCUT2D eigenvalue weighted by Gasteiger charge is 2.20. The van der Waals surface area contributed by atoms with Gasteiger partial charge in [-0.2, -0.15) is 0 Å². The van der Waals surface area contributed by atoms with Crippen LogP contribution in [0.25, 0.3) is 0 Å². The predicted molar refractivity (Wildman–Crippen MR) is 92.1 cm³/mol. The summed E-state index contributed by atoms with van der Waals surface area (Å²) in [6.45, 7) is 0. The Kier molecular flexibility index (Phi) is 4.33. The van der Waals surface area contributed by atoms with Crippen LogP contribution in [0.4, 0.5) is 17.1 Å². The maximum atomic E-state index is 11.0. The van der Waals surface area contributed by atoms with Crippen molar-refractivity contribution in [3.05, 3.63) is 63.2 Å². The highest BCUT2D eigenvalue weighted by molar-refractivity contribution is 6.08. The van der Waals surface area contributed by atoms with E-state index in [0.29, 0.717) is 17.5 Å². The average Bonchev–Trinajstić information content (AvgIpc) is 2.90. The van der Waals surface area contributed by atoms with E-state index in [2.05, 4.69) is 4.99 Å². The molecular weight excluding hydrogens is 318 g/mol. The maximum absolute atomic E-state index is 11.0. The average molecular weight is 332 g/mol. The van der Waals surface area contributed by atoms with Crippen molar-refractivity contribution in [3.8, 4) is 0 Å². The van der Waals surface area contributed by atoms with Gasteiger partial charge in [-0.05, 0) is 29.8 Å². The summed E-state index contributed by atoms with van der Waals surface area (Å²) in [4.78, 5) is 15.0. The lowest BCUT2D eigenvalue weighted by Crippen LogP contribution is -2.11. The Bertz CT molecular complexity index is 848. The molecule has 0 unspecified atom stereocenters. The number of hydrogen-bond donors (Lipinski definition) is 3. The molecule has 2 aromatic carbocycles. The first-order chi connectivity index (χ1) is 10.5. The standard InChI is InChI=1S/C15H13N5O2.ClH/c16-11-3-1-8(7-14(11)20(21)22)13-6-10-5-9(15(17)18)2-4-12(10)19-13;/h1-5,7H,6,16H2,(H3,17,18);1H. The van der Waals surface area contributed by atoms with Crippen LogP contribution in [0.3, 0.4) is 0 Å². The molecule has 0 radical (unpaired) electrons. The fourth-order valence-corrected chi connectivity index (χ4v) is 2.42. The van der Waals surface area contributed by atoms with Gasteiger partial charge in [-0.1, -0.05) is 6.07 Å². The Balaban J connectivity index is 0.00000192. The number of nitrogens with zero attached hydrogens (tertiary/aromatic N) is 2. The van der Waals surface area contributed by atoms with Gasteiger partial charge in [-0.3, -0.25) is 20.5 Å². The monoisotopic (exact) mass is 331 g/mol. The number of nitrogen functional groups attached to an aromatic ring is 2. The minimum atomic E-state index is -0.505. The van der Waals surface area contributed by atoms with Gasteiger partial charge >= 0.3 is 0 Å². The number of nitro benzene ring substituents is 1. The van der Waals surface area contributed by atoms with Gasteiger partial charge in [0.15, 0.2) is 0 Å². The van der Waals surface area contributed by atoms with E-state index in [0.717, 1.165) is 17.0 Å². The number of aliphatic imine (C=N–C) groups is 1. The minimum absolute atomic E-state index is 0. The normalized spacial score (nSPS) is 12.1. The van der Waals surface area contributed by atoms with Crippen LogP contribution in [0, 0.1) is 15.5 Å². The summed E-state index contributed by atoms with van der Waals surface area (Å²) in [6.07, 6.45) is 0.539. The number of anilines is 1. The number of hydrogen-bond acceptors (Lipinski definition) is 5. The Labute approximate surface area is 138 Å².